The summed E-state index contributed by atoms with van der Waals surface area (Å²) in [6.45, 7) is 0.352. The predicted octanol–water partition coefficient (Wildman–Crippen LogP) is 2.69. The SMILES string of the molecule is O=C(OCc1cc(Cl)cc(C(F)(F)F)c1)N1CCn2nc(C(O)O)cc2C1. The predicted molar refractivity (Wildman–Crippen MR) is 86.5 cm³/mol. The summed E-state index contributed by atoms with van der Waals surface area (Å²) in [4.78, 5) is 13.6. The minimum Gasteiger partial charge on any atom is -0.445 e. The van der Waals surface area contributed by atoms with Crippen LogP contribution in [0.1, 0.15) is 28.8 Å². The van der Waals surface area contributed by atoms with Crippen molar-refractivity contribution in [2.24, 2.45) is 0 Å². The molecule has 2 aromatic rings. The number of fused-ring (bicyclic) bond motifs is 1. The van der Waals surface area contributed by atoms with Crippen LogP contribution in [-0.4, -0.2) is 37.5 Å². The third kappa shape index (κ3) is 4.52. The van der Waals surface area contributed by atoms with Crippen LogP contribution in [0.15, 0.2) is 24.3 Å². The van der Waals surface area contributed by atoms with Gasteiger partial charge in [0.2, 0.25) is 0 Å². The third-order valence-electron chi connectivity index (χ3n) is 3.99. The summed E-state index contributed by atoms with van der Waals surface area (Å²) in [7, 11) is 0. The van der Waals surface area contributed by atoms with Crippen LogP contribution in [0, 0.1) is 0 Å². The third-order valence-corrected chi connectivity index (χ3v) is 4.20. The second kappa shape index (κ2) is 7.37. The Balaban J connectivity index is 1.64. The lowest BCUT2D eigenvalue weighted by molar-refractivity contribution is -0.137. The number of rotatable bonds is 3. The van der Waals surface area contributed by atoms with Crippen molar-refractivity contribution in [1.29, 1.82) is 0 Å². The van der Waals surface area contributed by atoms with E-state index in [0.717, 1.165) is 12.1 Å². The van der Waals surface area contributed by atoms with Crippen molar-refractivity contribution < 1.29 is 32.9 Å². The Hall–Kier alpha value is -2.30. The molecule has 0 fully saturated rings. The zero-order valence-electron chi connectivity index (χ0n) is 13.8. The molecule has 2 heterocycles. The molecule has 146 valence electrons. The van der Waals surface area contributed by atoms with E-state index in [0.29, 0.717) is 12.2 Å². The summed E-state index contributed by atoms with van der Waals surface area (Å²) in [6, 6.07) is 4.42. The molecule has 0 spiro atoms. The molecular weight excluding hydrogens is 391 g/mol. The van der Waals surface area contributed by atoms with Crippen molar-refractivity contribution in [1.82, 2.24) is 14.7 Å². The molecule has 0 aliphatic carbocycles. The average molecular weight is 406 g/mol. The molecule has 1 aromatic carbocycles. The molecule has 0 atom stereocenters. The number of hydrogen-bond acceptors (Lipinski definition) is 5. The second-order valence-electron chi connectivity index (χ2n) is 5.98. The minimum atomic E-state index is -4.55. The van der Waals surface area contributed by atoms with Crippen molar-refractivity contribution in [2.75, 3.05) is 6.54 Å². The van der Waals surface area contributed by atoms with Gasteiger partial charge in [0.15, 0.2) is 6.29 Å². The maximum atomic E-state index is 12.8. The van der Waals surface area contributed by atoms with Crippen LogP contribution < -0.4 is 0 Å². The number of nitrogens with zero attached hydrogens (tertiary/aromatic N) is 3. The van der Waals surface area contributed by atoms with Crippen LogP contribution in [0.25, 0.3) is 0 Å². The molecule has 1 aromatic heterocycles. The number of hydrogen-bond donors (Lipinski definition) is 2. The molecule has 0 saturated carbocycles. The normalized spacial score (nSPS) is 14.4. The molecule has 0 bridgehead atoms. The summed E-state index contributed by atoms with van der Waals surface area (Å²) in [5.41, 5.74) is -0.142. The second-order valence-corrected chi connectivity index (χ2v) is 6.42. The first-order valence-corrected chi connectivity index (χ1v) is 8.22. The fourth-order valence-corrected chi connectivity index (χ4v) is 2.96. The van der Waals surface area contributed by atoms with E-state index in [-0.39, 0.29) is 36.0 Å². The number of alkyl halides is 3. The van der Waals surface area contributed by atoms with E-state index in [4.69, 9.17) is 26.6 Å². The number of benzene rings is 1. The highest BCUT2D eigenvalue weighted by molar-refractivity contribution is 6.30. The summed E-state index contributed by atoms with van der Waals surface area (Å²) in [6.07, 6.45) is -6.97. The van der Waals surface area contributed by atoms with Crippen LogP contribution in [-0.2, 0) is 30.6 Å². The van der Waals surface area contributed by atoms with Crippen LogP contribution in [0.5, 0.6) is 0 Å². The fraction of sp³-hybridized carbons (Fsp3) is 0.375. The average Bonchev–Trinajstić information content (AvgIpc) is 3.02. The number of aromatic nitrogens is 2. The molecule has 27 heavy (non-hydrogen) atoms. The van der Waals surface area contributed by atoms with Gasteiger partial charge in [-0.15, -0.1) is 0 Å². The van der Waals surface area contributed by atoms with E-state index in [1.165, 1.54) is 17.0 Å². The molecule has 0 saturated heterocycles. The van der Waals surface area contributed by atoms with Gasteiger partial charge in [0, 0.05) is 11.6 Å². The van der Waals surface area contributed by atoms with E-state index < -0.39 is 24.1 Å². The largest absolute Gasteiger partial charge is 0.445 e. The van der Waals surface area contributed by atoms with Crippen LogP contribution in [0.3, 0.4) is 0 Å². The Bertz CT molecular complexity index is 854. The Kier molecular flexibility index (Phi) is 5.31. The number of ether oxygens (including phenoxy) is 1. The fourth-order valence-electron chi connectivity index (χ4n) is 2.70. The van der Waals surface area contributed by atoms with Gasteiger partial charge in [-0.25, -0.2) is 4.79 Å². The molecule has 1 amide bonds. The van der Waals surface area contributed by atoms with Gasteiger partial charge < -0.3 is 19.8 Å². The van der Waals surface area contributed by atoms with E-state index in [2.05, 4.69) is 5.10 Å². The van der Waals surface area contributed by atoms with Crippen molar-refractivity contribution in [3.8, 4) is 0 Å². The van der Waals surface area contributed by atoms with Gasteiger partial charge in [-0.3, -0.25) is 4.68 Å². The van der Waals surface area contributed by atoms with Gasteiger partial charge in [-0.05, 0) is 29.8 Å². The highest BCUT2D eigenvalue weighted by atomic mass is 35.5. The standard InChI is InChI=1S/C16H15ClF3N3O4/c17-11-4-9(3-10(5-11)16(18,19)20)8-27-15(26)22-1-2-23-12(7-22)6-13(21-23)14(24)25/h3-6,14,24-25H,1-2,7-8H2. The zero-order chi connectivity index (χ0) is 19.8. The number of carbonyl (C=O) groups is 1. The van der Waals surface area contributed by atoms with Gasteiger partial charge in [0.05, 0.1) is 24.3 Å². The molecule has 2 N–H and O–H groups in total. The summed E-state index contributed by atoms with van der Waals surface area (Å²) >= 11 is 5.70. The first-order chi connectivity index (χ1) is 12.6. The lowest BCUT2D eigenvalue weighted by Gasteiger charge is -2.27. The smallest absolute Gasteiger partial charge is 0.416 e. The van der Waals surface area contributed by atoms with Gasteiger partial charge in [0.25, 0.3) is 0 Å². The zero-order valence-corrected chi connectivity index (χ0v) is 14.5. The van der Waals surface area contributed by atoms with E-state index in [9.17, 15) is 18.0 Å². The highest BCUT2D eigenvalue weighted by Crippen LogP contribution is 2.32. The molecule has 3 rings (SSSR count). The molecular formula is C16H15ClF3N3O4. The number of carbonyl (C=O) groups excluding carboxylic acids is 1. The van der Waals surface area contributed by atoms with Crippen LogP contribution in [0.4, 0.5) is 18.0 Å². The Morgan fingerprint density at radius 2 is 2.00 bits per heavy atom. The molecule has 7 nitrogen and oxygen atoms in total. The van der Waals surface area contributed by atoms with Crippen LogP contribution in [0.2, 0.25) is 5.02 Å². The summed E-state index contributed by atoms with van der Waals surface area (Å²) in [5, 5.41) is 22.2. The molecule has 1 aliphatic heterocycles. The lowest BCUT2D eigenvalue weighted by atomic mass is 10.1. The van der Waals surface area contributed by atoms with Crippen molar-refractivity contribution in [3.63, 3.8) is 0 Å². The van der Waals surface area contributed by atoms with Gasteiger partial charge in [0.1, 0.15) is 12.3 Å². The number of halogens is 4. The van der Waals surface area contributed by atoms with E-state index >= 15 is 0 Å². The molecule has 1 aliphatic rings. The Morgan fingerprint density at radius 1 is 1.26 bits per heavy atom. The lowest BCUT2D eigenvalue weighted by Crippen LogP contribution is -2.38. The van der Waals surface area contributed by atoms with Crippen molar-refractivity contribution >= 4 is 17.7 Å². The topological polar surface area (TPSA) is 87.8 Å². The van der Waals surface area contributed by atoms with E-state index in [1.807, 2.05) is 0 Å². The maximum Gasteiger partial charge on any atom is 0.416 e. The number of amides is 1. The van der Waals surface area contributed by atoms with Crippen molar-refractivity contribution in [2.45, 2.75) is 32.2 Å². The maximum absolute atomic E-state index is 12.8. The quantitative estimate of drug-likeness (QED) is 0.767. The molecule has 0 radical (unpaired) electrons. The molecule has 11 heteroatoms. The molecule has 0 unspecified atom stereocenters. The summed E-state index contributed by atoms with van der Waals surface area (Å²) < 4.78 is 45.1. The summed E-state index contributed by atoms with van der Waals surface area (Å²) in [5.74, 6) is 0. The van der Waals surface area contributed by atoms with E-state index in [1.54, 1.807) is 4.68 Å². The number of aliphatic hydroxyl groups excluding tert-OH is 1. The Labute approximate surface area is 156 Å². The highest BCUT2D eigenvalue weighted by Gasteiger charge is 2.31. The first kappa shape index (κ1) is 19.5. The minimum absolute atomic E-state index is 0.0684. The van der Waals surface area contributed by atoms with Gasteiger partial charge >= 0.3 is 12.3 Å². The monoisotopic (exact) mass is 405 g/mol. The Morgan fingerprint density at radius 3 is 2.67 bits per heavy atom. The van der Waals surface area contributed by atoms with Gasteiger partial charge in [-0.2, -0.15) is 18.3 Å². The number of aliphatic hydroxyl groups is 2. The first-order valence-electron chi connectivity index (χ1n) is 7.84. The van der Waals surface area contributed by atoms with Gasteiger partial charge in [-0.1, -0.05) is 11.6 Å². The van der Waals surface area contributed by atoms with Crippen molar-refractivity contribution in [3.05, 3.63) is 51.8 Å². The van der Waals surface area contributed by atoms with Crippen LogP contribution >= 0.6 is 11.6 Å².